The van der Waals surface area contributed by atoms with Gasteiger partial charge in [-0.15, -0.1) is 0 Å². The molecule has 0 saturated carbocycles. The fourth-order valence-corrected chi connectivity index (χ4v) is 0.565. The maximum atomic E-state index is 9.98. The zero-order chi connectivity index (χ0) is 6.57. The molecule has 0 radical (unpaired) electrons. The van der Waals surface area contributed by atoms with Crippen molar-refractivity contribution in [3.8, 4) is 0 Å². The van der Waals surface area contributed by atoms with Gasteiger partial charge in [0.2, 0.25) is 0 Å². The molecule has 1 unspecified atom stereocenters. The van der Waals surface area contributed by atoms with Crippen LogP contribution in [0.2, 0.25) is 0 Å². The molecule has 0 bridgehead atoms. The predicted molar refractivity (Wildman–Crippen MR) is 33.8 cm³/mol. The van der Waals surface area contributed by atoms with Crippen LogP contribution in [0.25, 0.3) is 0 Å². The second-order valence-corrected chi connectivity index (χ2v) is 2.25. The third kappa shape index (κ3) is 3.81. The van der Waals surface area contributed by atoms with Crippen molar-refractivity contribution in [2.24, 2.45) is 0 Å². The van der Waals surface area contributed by atoms with E-state index in [0.717, 1.165) is 6.29 Å². The predicted octanol–water partition coefficient (Wildman–Crippen LogP) is 0.572. The zero-order valence-electron chi connectivity index (χ0n) is 5.64. The lowest BCUT2D eigenvalue weighted by molar-refractivity contribution is -0.109. The van der Waals surface area contributed by atoms with Gasteiger partial charge in [-0.2, -0.15) is 0 Å². The number of aldehydes is 1. The van der Waals surface area contributed by atoms with Gasteiger partial charge in [0.25, 0.3) is 0 Å². The molecule has 0 aromatic heterocycles. The highest BCUT2D eigenvalue weighted by atomic mass is 16.1. The normalized spacial score (nSPS) is 14.0. The van der Waals surface area contributed by atoms with Gasteiger partial charge in [-0.05, 0) is 6.92 Å². The molecule has 48 valence electrons. The molecule has 0 aromatic rings. The highest BCUT2D eigenvalue weighted by Crippen LogP contribution is 1.79. The third-order valence-electron chi connectivity index (χ3n) is 0.800. The third-order valence-corrected chi connectivity index (χ3v) is 0.800. The molecular weight excluding hydrogens is 102 g/mol. The lowest BCUT2D eigenvalue weighted by Gasteiger charge is -2.08. The van der Waals surface area contributed by atoms with Crippen molar-refractivity contribution >= 4 is 6.29 Å². The van der Waals surface area contributed by atoms with Crippen LogP contribution in [0.15, 0.2) is 0 Å². The molecule has 2 heteroatoms. The lowest BCUT2D eigenvalue weighted by Crippen LogP contribution is -2.33. The molecule has 0 saturated heterocycles. The summed E-state index contributed by atoms with van der Waals surface area (Å²) in [5.74, 6) is 0. The molecule has 0 aromatic carbocycles. The summed E-state index contributed by atoms with van der Waals surface area (Å²) >= 11 is 0. The van der Waals surface area contributed by atoms with E-state index >= 15 is 0 Å². The summed E-state index contributed by atoms with van der Waals surface area (Å²) in [6.07, 6.45) is 0.903. The minimum absolute atomic E-state index is 0.00463. The molecular formula is C6H13NO. The second kappa shape index (κ2) is 3.61. The van der Waals surface area contributed by atoms with Gasteiger partial charge in [0, 0.05) is 6.04 Å². The van der Waals surface area contributed by atoms with E-state index in [9.17, 15) is 4.79 Å². The van der Waals surface area contributed by atoms with Gasteiger partial charge in [-0.1, -0.05) is 13.8 Å². The van der Waals surface area contributed by atoms with Crippen LogP contribution >= 0.6 is 0 Å². The molecule has 0 aliphatic carbocycles. The van der Waals surface area contributed by atoms with E-state index in [1.165, 1.54) is 0 Å². The molecule has 0 amide bonds. The summed E-state index contributed by atoms with van der Waals surface area (Å²) in [7, 11) is 0. The SMILES string of the molecule is CC(C)NC(C)C=O. The first-order valence-electron chi connectivity index (χ1n) is 2.88. The number of hydrogen-bond donors (Lipinski definition) is 1. The van der Waals surface area contributed by atoms with Gasteiger partial charge in [0.05, 0.1) is 6.04 Å². The molecule has 0 aliphatic rings. The van der Waals surface area contributed by atoms with Gasteiger partial charge >= 0.3 is 0 Å². The summed E-state index contributed by atoms with van der Waals surface area (Å²) < 4.78 is 0. The van der Waals surface area contributed by atoms with Crippen molar-refractivity contribution in [2.45, 2.75) is 32.9 Å². The van der Waals surface area contributed by atoms with Gasteiger partial charge in [0.1, 0.15) is 6.29 Å². The smallest absolute Gasteiger partial charge is 0.136 e. The topological polar surface area (TPSA) is 29.1 Å². The molecule has 0 rings (SSSR count). The highest BCUT2D eigenvalue weighted by molar-refractivity contribution is 5.56. The first-order chi connectivity index (χ1) is 3.66. The molecule has 8 heavy (non-hydrogen) atoms. The number of rotatable bonds is 3. The van der Waals surface area contributed by atoms with Crippen LogP contribution in [0, 0.1) is 0 Å². The van der Waals surface area contributed by atoms with Gasteiger partial charge in [0.15, 0.2) is 0 Å². The van der Waals surface area contributed by atoms with Crippen molar-refractivity contribution in [1.29, 1.82) is 0 Å². The van der Waals surface area contributed by atoms with E-state index in [1.807, 2.05) is 20.8 Å². The molecule has 0 spiro atoms. The van der Waals surface area contributed by atoms with E-state index in [2.05, 4.69) is 5.32 Å². The molecule has 1 N–H and O–H groups in total. The summed E-state index contributed by atoms with van der Waals surface area (Å²) in [5.41, 5.74) is 0. The highest BCUT2D eigenvalue weighted by Gasteiger charge is 1.98. The summed E-state index contributed by atoms with van der Waals surface area (Å²) in [6.45, 7) is 5.87. The quantitative estimate of drug-likeness (QED) is 0.545. The molecule has 0 heterocycles. The van der Waals surface area contributed by atoms with Gasteiger partial charge in [-0.25, -0.2) is 0 Å². The van der Waals surface area contributed by atoms with Crippen LogP contribution in [0.4, 0.5) is 0 Å². The van der Waals surface area contributed by atoms with E-state index in [-0.39, 0.29) is 6.04 Å². The fraction of sp³-hybridized carbons (Fsp3) is 0.833. The van der Waals surface area contributed by atoms with Crippen LogP contribution < -0.4 is 5.32 Å². The minimum atomic E-state index is -0.00463. The summed E-state index contributed by atoms with van der Waals surface area (Å²) in [5, 5.41) is 3.02. The maximum Gasteiger partial charge on any atom is 0.136 e. The van der Waals surface area contributed by atoms with Crippen molar-refractivity contribution in [1.82, 2.24) is 5.32 Å². The monoisotopic (exact) mass is 115 g/mol. The number of hydrogen-bond acceptors (Lipinski definition) is 2. The van der Waals surface area contributed by atoms with Crippen LogP contribution in [0.5, 0.6) is 0 Å². The van der Waals surface area contributed by atoms with E-state index < -0.39 is 0 Å². The zero-order valence-corrected chi connectivity index (χ0v) is 5.64. The summed E-state index contributed by atoms with van der Waals surface area (Å²) in [4.78, 5) is 9.98. The molecule has 0 fully saturated rings. The maximum absolute atomic E-state index is 9.98. The van der Waals surface area contributed by atoms with Crippen molar-refractivity contribution in [3.63, 3.8) is 0 Å². The van der Waals surface area contributed by atoms with Crippen molar-refractivity contribution in [2.75, 3.05) is 0 Å². The van der Waals surface area contributed by atoms with Crippen LogP contribution in [0.3, 0.4) is 0 Å². The van der Waals surface area contributed by atoms with Crippen LogP contribution in [-0.2, 0) is 4.79 Å². The van der Waals surface area contributed by atoms with Crippen LogP contribution in [-0.4, -0.2) is 18.4 Å². The number of carbonyl (C=O) groups is 1. The molecule has 2 nitrogen and oxygen atoms in total. The second-order valence-electron chi connectivity index (χ2n) is 2.25. The van der Waals surface area contributed by atoms with Crippen molar-refractivity contribution < 1.29 is 4.79 Å². The number of nitrogens with one attached hydrogen (secondary N) is 1. The minimum Gasteiger partial charge on any atom is -0.306 e. The average molecular weight is 115 g/mol. The Bertz CT molecular complexity index is 70.9. The standard InChI is InChI=1S/C6H13NO/c1-5(2)7-6(3)4-8/h4-7H,1-3H3. The largest absolute Gasteiger partial charge is 0.306 e. The molecule has 1 atom stereocenters. The molecule has 0 aliphatic heterocycles. The first-order valence-corrected chi connectivity index (χ1v) is 2.88. The van der Waals surface area contributed by atoms with Crippen LogP contribution in [0.1, 0.15) is 20.8 Å². The Hall–Kier alpha value is -0.370. The fourth-order valence-electron chi connectivity index (χ4n) is 0.565. The Kier molecular flexibility index (Phi) is 3.44. The number of carbonyl (C=O) groups excluding carboxylic acids is 1. The lowest BCUT2D eigenvalue weighted by atomic mass is 10.3. The van der Waals surface area contributed by atoms with E-state index in [0.29, 0.717) is 6.04 Å². The Morgan fingerprint density at radius 1 is 1.38 bits per heavy atom. The van der Waals surface area contributed by atoms with Crippen molar-refractivity contribution in [3.05, 3.63) is 0 Å². The van der Waals surface area contributed by atoms with E-state index in [4.69, 9.17) is 0 Å². The van der Waals surface area contributed by atoms with Gasteiger partial charge < -0.3 is 10.1 Å². The van der Waals surface area contributed by atoms with Gasteiger partial charge in [-0.3, -0.25) is 0 Å². The average Bonchev–Trinajstić information content (AvgIpc) is 1.65. The Labute approximate surface area is 50.3 Å². The Balaban J connectivity index is 3.23. The first kappa shape index (κ1) is 7.63. The van der Waals surface area contributed by atoms with E-state index in [1.54, 1.807) is 0 Å². The Morgan fingerprint density at radius 3 is 2.00 bits per heavy atom. The Morgan fingerprint density at radius 2 is 1.88 bits per heavy atom. The summed E-state index contributed by atoms with van der Waals surface area (Å²) in [6, 6.07) is 0.394.